The highest BCUT2D eigenvalue weighted by Gasteiger charge is 2.37. The van der Waals surface area contributed by atoms with Crippen LogP contribution < -0.4 is 4.90 Å². The normalized spacial score (nSPS) is 18.1. The van der Waals surface area contributed by atoms with Crippen molar-refractivity contribution < 1.29 is 14.3 Å². The van der Waals surface area contributed by atoms with E-state index in [2.05, 4.69) is 0 Å². The SMILES string of the molecule is O=C1[C@H](N(CCO)Cc2ccsc2)CCN1c1ccccc1F. The molecule has 1 aliphatic heterocycles. The molecule has 0 spiro atoms. The number of thiophene rings is 1. The predicted octanol–water partition coefficient (Wildman–Crippen LogP) is 2.49. The van der Waals surface area contributed by atoms with Gasteiger partial charge in [0.15, 0.2) is 0 Å². The average Bonchev–Trinajstić information content (AvgIpc) is 3.17. The summed E-state index contributed by atoms with van der Waals surface area (Å²) < 4.78 is 14.0. The fourth-order valence-electron chi connectivity index (χ4n) is 3.00. The van der Waals surface area contributed by atoms with Crippen LogP contribution in [0.25, 0.3) is 0 Å². The van der Waals surface area contributed by atoms with Crippen LogP contribution >= 0.6 is 11.3 Å². The zero-order valence-electron chi connectivity index (χ0n) is 12.7. The third-order valence-corrected chi connectivity index (χ3v) is 4.85. The smallest absolute Gasteiger partial charge is 0.244 e. The number of carbonyl (C=O) groups excluding carboxylic acids is 1. The number of carbonyl (C=O) groups is 1. The van der Waals surface area contributed by atoms with E-state index in [0.717, 1.165) is 5.56 Å². The van der Waals surface area contributed by atoms with Crippen LogP contribution in [0.1, 0.15) is 12.0 Å². The molecule has 1 aromatic carbocycles. The van der Waals surface area contributed by atoms with E-state index in [9.17, 15) is 14.3 Å². The number of rotatable bonds is 6. The van der Waals surface area contributed by atoms with Gasteiger partial charge in [-0.3, -0.25) is 9.69 Å². The molecule has 1 atom stereocenters. The first-order valence-corrected chi connectivity index (χ1v) is 8.57. The molecule has 1 saturated heterocycles. The highest BCUT2D eigenvalue weighted by molar-refractivity contribution is 7.07. The van der Waals surface area contributed by atoms with Crippen LogP contribution in [0.3, 0.4) is 0 Å². The summed E-state index contributed by atoms with van der Waals surface area (Å²) in [5.74, 6) is -0.480. The molecule has 0 aliphatic carbocycles. The van der Waals surface area contributed by atoms with E-state index in [-0.39, 0.29) is 24.4 Å². The topological polar surface area (TPSA) is 43.8 Å². The maximum absolute atomic E-state index is 14.0. The monoisotopic (exact) mass is 334 g/mol. The minimum atomic E-state index is -0.381. The van der Waals surface area contributed by atoms with Gasteiger partial charge in [-0.2, -0.15) is 11.3 Å². The summed E-state index contributed by atoms with van der Waals surface area (Å²) in [4.78, 5) is 16.2. The van der Waals surface area contributed by atoms with E-state index < -0.39 is 0 Å². The Bertz CT molecular complexity index is 662. The summed E-state index contributed by atoms with van der Waals surface area (Å²) in [5.41, 5.74) is 1.46. The largest absolute Gasteiger partial charge is 0.395 e. The van der Waals surface area contributed by atoms with Gasteiger partial charge in [-0.25, -0.2) is 4.39 Å². The number of hydrogen-bond acceptors (Lipinski definition) is 4. The van der Waals surface area contributed by atoms with Gasteiger partial charge in [0, 0.05) is 19.6 Å². The lowest BCUT2D eigenvalue weighted by molar-refractivity contribution is -0.122. The second-order valence-electron chi connectivity index (χ2n) is 5.57. The second-order valence-corrected chi connectivity index (χ2v) is 6.35. The van der Waals surface area contributed by atoms with Crippen LogP contribution in [0.15, 0.2) is 41.1 Å². The molecular weight excluding hydrogens is 315 g/mol. The summed E-state index contributed by atoms with van der Waals surface area (Å²) in [6.07, 6.45) is 0.636. The number of benzene rings is 1. The Morgan fingerprint density at radius 2 is 2.17 bits per heavy atom. The summed E-state index contributed by atoms with van der Waals surface area (Å²) in [7, 11) is 0. The van der Waals surface area contributed by atoms with Crippen molar-refractivity contribution in [2.45, 2.75) is 19.0 Å². The number of para-hydroxylation sites is 1. The van der Waals surface area contributed by atoms with Crippen LogP contribution in [0, 0.1) is 5.82 Å². The van der Waals surface area contributed by atoms with Gasteiger partial charge in [0.1, 0.15) is 5.82 Å². The lowest BCUT2D eigenvalue weighted by Crippen LogP contribution is -2.43. The Morgan fingerprint density at radius 1 is 1.35 bits per heavy atom. The Morgan fingerprint density at radius 3 is 2.87 bits per heavy atom. The number of aliphatic hydroxyl groups is 1. The van der Waals surface area contributed by atoms with Crippen molar-refractivity contribution in [1.29, 1.82) is 0 Å². The zero-order valence-corrected chi connectivity index (χ0v) is 13.5. The molecule has 1 amide bonds. The number of amides is 1. The highest BCUT2D eigenvalue weighted by atomic mass is 32.1. The van der Waals surface area contributed by atoms with Crippen molar-refractivity contribution in [3.05, 3.63) is 52.5 Å². The molecule has 4 nitrogen and oxygen atoms in total. The minimum absolute atomic E-state index is 0.00633. The first-order chi connectivity index (χ1) is 11.2. The first kappa shape index (κ1) is 16.1. The van der Waals surface area contributed by atoms with Crippen molar-refractivity contribution in [2.75, 3.05) is 24.6 Å². The Kier molecular flexibility index (Phi) is 5.05. The third kappa shape index (κ3) is 3.44. The number of hydrogen-bond donors (Lipinski definition) is 1. The maximum Gasteiger partial charge on any atom is 0.244 e. The molecule has 0 radical (unpaired) electrons. The van der Waals surface area contributed by atoms with Gasteiger partial charge in [0.2, 0.25) is 5.91 Å². The van der Waals surface area contributed by atoms with Crippen molar-refractivity contribution in [3.63, 3.8) is 0 Å². The van der Waals surface area contributed by atoms with Gasteiger partial charge in [-0.15, -0.1) is 0 Å². The van der Waals surface area contributed by atoms with E-state index in [4.69, 9.17) is 0 Å². The van der Waals surface area contributed by atoms with Crippen LogP contribution in [-0.2, 0) is 11.3 Å². The second kappa shape index (κ2) is 7.21. The predicted molar refractivity (Wildman–Crippen MR) is 89.0 cm³/mol. The molecule has 6 heteroatoms. The molecule has 1 aromatic heterocycles. The molecule has 1 N–H and O–H groups in total. The van der Waals surface area contributed by atoms with Gasteiger partial charge in [0.25, 0.3) is 0 Å². The highest BCUT2D eigenvalue weighted by Crippen LogP contribution is 2.27. The van der Waals surface area contributed by atoms with Gasteiger partial charge in [0.05, 0.1) is 18.3 Å². The molecule has 0 unspecified atom stereocenters. The van der Waals surface area contributed by atoms with E-state index in [1.165, 1.54) is 11.0 Å². The van der Waals surface area contributed by atoms with Crippen LogP contribution in [0.5, 0.6) is 0 Å². The number of halogens is 1. The van der Waals surface area contributed by atoms with Crippen molar-refractivity contribution in [1.82, 2.24) is 4.90 Å². The molecule has 0 bridgehead atoms. The first-order valence-electron chi connectivity index (χ1n) is 7.62. The molecule has 0 saturated carbocycles. The standard InChI is InChI=1S/C17H19FN2O2S/c18-14-3-1-2-4-15(14)20-7-5-16(17(20)22)19(8-9-21)11-13-6-10-23-12-13/h1-4,6,10,12,16,21H,5,7-9,11H2/t16-/m1/s1. The van der Waals surface area contributed by atoms with Crippen molar-refractivity contribution >= 4 is 22.9 Å². The van der Waals surface area contributed by atoms with E-state index in [0.29, 0.717) is 31.7 Å². The van der Waals surface area contributed by atoms with Gasteiger partial charge in [-0.1, -0.05) is 12.1 Å². The molecular formula is C17H19FN2O2S. The van der Waals surface area contributed by atoms with Crippen LogP contribution in [0.4, 0.5) is 10.1 Å². The minimum Gasteiger partial charge on any atom is -0.395 e. The van der Waals surface area contributed by atoms with Gasteiger partial charge < -0.3 is 10.0 Å². The van der Waals surface area contributed by atoms with E-state index in [1.807, 2.05) is 21.7 Å². The van der Waals surface area contributed by atoms with E-state index in [1.54, 1.807) is 29.5 Å². The lowest BCUT2D eigenvalue weighted by atomic mass is 10.2. The molecule has 1 fully saturated rings. The summed E-state index contributed by atoms with van der Waals surface area (Å²) in [5, 5.41) is 13.3. The van der Waals surface area contributed by atoms with Crippen LogP contribution in [-0.4, -0.2) is 41.7 Å². The van der Waals surface area contributed by atoms with Crippen molar-refractivity contribution in [2.24, 2.45) is 0 Å². The van der Waals surface area contributed by atoms with Gasteiger partial charge in [-0.05, 0) is 40.9 Å². The molecule has 3 rings (SSSR count). The quantitative estimate of drug-likeness (QED) is 0.883. The fourth-order valence-corrected chi connectivity index (χ4v) is 3.66. The molecule has 2 aromatic rings. The molecule has 1 aliphatic rings. The number of nitrogens with zero attached hydrogens (tertiary/aromatic N) is 2. The number of aliphatic hydroxyl groups excluding tert-OH is 1. The summed E-state index contributed by atoms with van der Waals surface area (Å²) in [6.45, 7) is 1.53. The maximum atomic E-state index is 14.0. The lowest BCUT2D eigenvalue weighted by Gasteiger charge is -2.27. The van der Waals surface area contributed by atoms with Crippen molar-refractivity contribution in [3.8, 4) is 0 Å². The fraction of sp³-hybridized carbons (Fsp3) is 0.353. The Labute approximate surface area is 138 Å². The zero-order chi connectivity index (χ0) is 16.2. The molecule has 2 heterocycles. The van der Waals surface area contributed by atoms with E-state index >= 15 is 0 Å². The Hall–Kier alpha value is -1.76. The summed E-state index contributed by atoms with van der Waals surface area (Å²) in [6, 6.07) is 8.05. The van der Waals surface area contributed by atoms with Gasteiger partial charge >= 0.3 is 0 Å². The average molecular weight is 334 g/mol. The Balaban J connectivity index is 1.77. The molecule has 23 heavy (non-hydrogen) atoms. The number of anilines is 1. The summed E-state index contributed by atoms with van der Waals surface area (Å²) >= 11 is 1.61. The third-order valence-electron chi connectivity index (χ3n) is 4.11. The molecule has 122 valence electrons. The van der Waals surface area contributed by atoms with Crippen LogP contribution in [0.2, 0.25) is 0 Å².